The number of amides is 2. The van der Waals surface area contributed by atoms with Crippen molar-refractivity contribution in [3.8, 4) is 5.75 Å². The van der Waals surface area contributed by atoms with Crippen molar-refractivity contribution < 1.29 is 29.3 Å². The summed E-state index contributed by atoms with van der Waals surface area (Å²) in [4.78, 5) is 34.6. The van der Waals surface area contributed by atoms with Crippen molar-refractivity contribution in [2.45, 2.75) is 12.5 Å². The van der Waals surface area contributed by atoms with E-state index < -0.39 is 24.1 Å². The first-order valence-corrected chi connectivity index (χ1v) is 7.71. The van der Waals surface area contributed by atoms with E-state index in [2.05, 4.69) is 5.32 Å². The summed E-state index contributed by atoms with van der Waals surface area (Å²) in [6.45, 7) is 0. The highest BCUT2D eigenvalue weighted by molar-refractivity contribution is 6.02. The van der Waals surface area contributed by atoms with Gasteiger partial charge in [0.05, 0.1) is 0 Å². The molecule has 0 bridgehead atoms. The Morgan fingerprint density at radius 1 is 1.04 bits per heavy atom. The number of carbonyl (C=O) groups is 3. The number of carbonyl (C=O) groups excluding carboxylic acids is 2. The molecule has 3 N–H and O–H groups in total. The molecule has 0 saturated heterocycles. The van der Waals surface area contributed by atoms with Gasteiger partial charge < -0.3 is 14.9 Å². The molecule has 0 fully saturated rings. The zero-order valence-electron chi connectivity index (χ0n) is 13.7. The zero-order chi connectivity index (χ0) is 18.9. The maximum absolute atomic E-state index is 12.0. The Balaban J connectivity index is 2.07. The van der Waals surface area contributed by atoms with Crippen molar-refractivity contribution in [3.05, 3.63) is 77.9 Å². The van der Waals surface area contributed by atoms with E-state index in [1.807, 2.05) is 0 Å². The van der Waals surface area contributed by atoms with Crippen molar-refractivity contribution in [2.24, 2.45) is 0 Å². The van der Waals surface area contributed by atoms with Crippen LogP contribution in [-0.4, -0.2) is 28.2 Å². The van der Waals surface area contributed by atoms with Crippen LogP contribution in [-0.2, 0) is 9.53 Å². The number of rotatable bonds is 6. The van der Waals surface area contributed by atoms with Crippen LogP contribution in [0.5, 0.6) is 5.75 Å². The van der Waals surface area contributed by atoms with Crippen molar-refractivity contribution in [1.29, 1.82) is 0 Å². The quantitative estimate of drug-likeness (QED) is 0.687. The molecule has 2 rings (SSSR count). The fourth-order valence-electron chi connectivity index (χ4n) is 2.15. The Morgan fingerprint density at radius 3 is 2.31 bits per heavy atom. The van der Waals surface area contributed by atoms with Gasteiger partial charge in [-0.15, -0.1) is 0 Å². The third kappa shape index (κ3) is 5.79. The molecule has 0 aliphatic heterocycles. The molecule has 1 atom stereocenters. The number of phenols is 1. The van der Waals surface area contributed by atoms with Crippen LogP contribution in [0.2, 0.25) is 0 Å². The van der Waals surface area contributed by atoms with E-state index in [0.717, 1.165) is 6.08 Å². The van der Waals surface area contributed by atoms with Gasteiger partial charge in [0, 0.05) is 18.1 Å². The van der Waals surface area contributed by atoms with Crippen LogP contribution in [0.25, 0.3) is 0 Å². The first-order valence-electron chi connectivity index (χ1n) is 7.71. The van der Waals surface area contributed by atoms with Crippen LogP contribution >= 0.6 is 0 Å². The number of benzene rings is 2. The summed E-state index contributed by atoms with van der Waals surface area (Å²) in [5.41, 5.74) is 0.844. The summed E-state index contributed by atoms with van der Waals surface area (Å²) >= 11 is 0. The van der Waals surface area contributed by atoms with Gasteiger partial charge in [-0.1, -0.05) is 36.4 Å². The van der Waals surface area contributed by atoms with Gasteiger partial charge in [-0.2, -0.15) is 0 Å². The van der Waals surface area contributed by atoms with E-state index in [9.17, 15) is 19.5 Å². The number of imide groups is 1. The maximum atomic E-state index is 12.0. The highest BCUT2D eigenvalue weighted by Crippen LogP contribution is 2.24. The van der Waals surface area contributed by atoms with Crippen LogP contribution < -0.4 is 5.32 Å². The average molecular weight is 355 g/mol. The minimum Gasteiger partial charge on any atom is -0.508 e. The van der Waals surface area contributed by atoms with Gasteiger partial charge in [0.25, 0.3) is 5.91 Å². The van der Waals surface area contributed by atoms with Crippen LogP contribution in [0.4, 0.5) is 4.79 Å². The summed E-state index contributed by atoms with van der Waals surface area (Å²) in [6, 6.07) is 14.1. The molecule has 0 aliphatic rings. The third-order valence-corrected chi connectivity index (χ3v) is 3.38. The third-order valence-electron chi connectivity index (χ3n) is 3.38. The minimum absolute atomic E-state index is 0.0392. The van der Waals surface area contributed by atoms with Crippen molar-refractivity contribution >= 4 is 18.0 Å². The number of carboxylic acids is 1. The summed E-state index contributed by atoms with van der Waals surface area (Å²) in [5.74, 6) is -1.70. The topological polar surface area (TPSA) is 113 Å². The zero-order valence-corrected chi connectivity index (χ0v) is 13.7. The summed E-state index contributed by atoms with van der Waals surface area (Å²) < 4.78 is 5.25. The number of aliphatic carboxylic acids is 1. The lowest BCUT2D eigenvalue weighted by molar-refractivity contribution is -0.131. The van der Waals surface area contributed by atoms with Gasteiger partial charge in [0.15, 0.2) is 0 Å². The Bertz CT molecular complexity index is 799. The van der Waals surface area contributed by atoms with Crippen LogP contribution in [0.1, 0.15) is 28.4 Å². The van der Waals surface area contributed by atoms with Gasteiger partial charge in [-0.3, -0.25) is 10.1 Å². The number of ether oxygens (including phenoxy) is 1. The van der Waals surface area contributed by atoms with Crippen molar-refractivity contribution in [3.63, 3.8) is 0 Å². The number of alkyl carbamates (subject to hydrolysis) is 1. The second-order valence-electron chi connectivity index (χ2n) is 5.28. The van der Waals surface area contributed by atoms with Crippen molar-refractivity contribution in [2.75, 3.05) is 0 Å². The second-order valence-corrected chi connectivity index (χ2v) is 5.28. The largest absolute Gasteiger partial charge is 0.508 e. The summed E-state index contributed by atoms with van der Waals surface area (Å²) in [5, 5.41) is 20.2. The standard InChI is InChI=1S/C19H17NO6/c21-15-11-9-13(10-12-15)16(7-4-8-17(22)23)26-19(25)20-18(24)14-5-2-1-3-6-14/h1-6,8-12,16,21H,7H2,(H,22,23)(H,20,24,25)/b8-4+/t16-/m0/s1. The first-order chi connectivity index (χ1) is 12.5. The van der Waals surface area contributed by atoms with E-state index in [0.29, 0.717) is 11.1 Å². The van der Waals surface area contributed by atoms with Crippen molar-refractivity contribution in [1.82, 2.24) is 5.32 Å². The SMILES string of the molecule is O=C(O)/C=C/C[C@H](OC(=O)NC(=O)c1ccccc1)c1ccc(O)cc1. The molecule has 2 amide bonds. The Labute approximate surface area is 149 Å². The molecule has 0 radical (unpaired) electrons. The van der Waals surface area contributed by atoms with E-state index in [4.69, 9.17) is 9.84 Å². The Morgan fingerprint density at radius 2 is 1.69 bits per heavy atom. The molecule has 0 unspecified atom stereocenters. The van der Waals surface area contributed by atoms with Crippen LogP contribution in [0.15, 0.2) is 66.7 Å². The summed E-state index contributed by atoms with van der Waals surface area (Å²) in [7, 11) is 0. The normalized spacial score (nSPS) is 11.7. The second kappa shape index (κ2) is 9.03. The fraction of sp³-hybridized carbons (Fsp3) is 0.105. The number of hydrogen-bond donors (Lipinski definition) is 3. The molecular formula is C19H17NO6. The van der Waals surface area contributed by atoms with Gasteiger partial charge in [-0.25, -0.2) is 9.59 Å². The first kappa shape index (κ1) is 18.7. The lowest BCUT2D eigenvalue weighted by Gasteiger charge is -2.17. The predicted molar refractivity (Wildman–Crippen MR) is 92.6 cm³/mol. The number of aromatic hydroxyl groups is 1. The fourth-order valence-corrected chi connectivity index (χ4v) is 2.15. The van der Waals surface area contributed by atoms with E-state index >= 15 is 0 Å². The average Bonchev–Trinajstić information content (AvgIpc) is 2.62. The molecule has 0 spiro atoms. The highest BCUT2D eigenvalue weighted by atomic mass is 16.6. The smallest absolute Gasteiger partial charge is 0.414 e. The Kier molecular flexibility index (Phi) is 6.50. The van der Waals surface area contributed by atoms with Gasteiger partial charge in [0.2, 0.25) is 0 Å². The van der Waals surface area contributed by atoms with Crippen LogP contribution in [0.3, 0.4) is 0 Å². The predicted octanol–water partition coefficient (Wildman–Crippen LogP) is 3.03. The molecule has 134 valence electrons. The van der Waals surface area contributed by atoms with Gasteiger partial charge >= 0.3 is 12.1 Å². The van der Waals surface area contributed by atoms with Gasteiger partial charge in [0.1, 0.15) is 11.9 Å². The molecular weight excluding hydrogens is 338 g/mol. The van der Waals surface area contributed by atoms with E-state index in [1.54, 1.807) is 42.5 Å². The number of hydrogen-bond acceptors (Lipinski definition) is 5. The molecule has 26 heavy (non-hydrogen) atoms. The molecule has 7 heteroatoms. The van der Waals surface area contributed by atoms with Gasteiger partial charge in [-0.05, 0) is 29.8 Å². The summed E-state index contributed by atoms with van der Waals surface area (Å²) in [6.07, 6.45) is 0.579. The number of nitrogens with one attached hydrogen (secondary N) is 1. The lowest BCUT2D eigenvalue weighted by Crippen LogP contribution is -2.32. The molecule has 2 aromatic carbocycles. The van der Waals surface area contributed by atoms with Crippen LogP contribution in [0, 0.1) is 0 Å². The highest BCUT2D eigenvalue weighted by Gasteiger charge is 2.18. The Hall–Kier alpha value is -3.61. The number of phenolic OH excluding ortho intramolecular Hbond substituents is 1. The molecule has 0 heterocycles. The van der Waals surface area contributed by atoms with E-state index in [-0.39, 0.29) is 12.2 Å². The molecule has 0 aromatic heterocycles. The maximum Gasteiger partial charge on any atom is 0.414 e. The lowest BCUT2D eigenvalue weighted by atomic mass is 10.1. The number of carboxylic acid groups (broad SMARTS) is 1. The minimum atomic E-state index is -1.13. The molecule has 0 aliphatic carbocycles. The molecule has 7 nitrogen and oxygen atoms in total. The molecule has 0 saturated carbocycles. The van der Waals surface area contributed by atoms with E-state index in [1.165, 1.54) is 18.2 Å². The monoisotopic (exact) mass is 355 g/mol. The molecule has 2 aromatic rings.